The van der Waals surface area contributed by atoms with E-state index in [-0.39, 0.29) is 16.3 Å². The van der Waals surface area contributed by atoms with Crippen LogP contribution in [0.1, 0.15) is 15.9 Å². The van der Waals surface area contributed by atoms with Crippen molar-refractivity contribution in [3.8, 4) is 0 Å². The molecule has 2 aromatic rings. The molecule has 7 heteroatoms. The van der Waals surface area contributed by atoms with Gasteiger partial charge in [-0.15, -0.1) is 0 Å². The van der Waals surface area contributed by atoms with Gasteiger partial charge in [-0.1, -0.05) is 23.4 Å². The van der Waals surface area contributed by atoms with E-state index in [0.717, 1.165) is 4.90 Å². The van der Waals surface area contributed by atoms with Gasteiger partial charge in [0.1, 0.15) is 0 Å². The molecule has 0 saturated heterocycles. The molecule has 0 amide bonds. The molecule has 0 aromatic heterocycles. The first-order chi connectivity index (χ1) is 9.88. The van der Waals surface area contributed by atoms with Crippen molar-refractivity contribution in [2.75, 3.05) is 0 Å². The molecule has 0 heterocycles. The highest BCUT2D eigenvalue weighted by Crippen LogP contribution is 2.32. The molecule has 2 rings (SSSR count). The predicted molar refractivity (Wildman–Crippen MR) is 80.4 cm³/mol. The van der Waals surface area contributed by atoms with Gasteiger partial charge in [-0.3, -0.25) is 10.1 Å². The number of hydrogen-bond donors (Lipinski definition) is 1. The molecular weight excluding hydrogens is 314 g/mol. The molecule has 2 aromatic carbocycles. The van der Waals surface area contributed by atoms with Gasteiger partial charge in [0.15, 0.2) is 0 Å². The number of halogens is 1. The number of aryl methyl sites for hydroxylation is 1. The van der Waals surface area contributed by atoms with Crippen LogP contribution in [0.5, 0.6) is 0 Å². The van der Waals surface area contributed by atoms with Crippen molar-refractivity contribution in [3.63, 3.8) is 0 Å². The highest BCUT2D eigenvalue weighted by atomic mass is 35.5. The summed E-state index contributed by atoms with van der Waals surface area (Å²) in [5.41, 5.74) is 0.638. The Morgan fingerprint density at radius 1 is 1.24 bits per heavy atom. The number of nitro benzene ring substituents is 1. The number of nitro groups is 1. The highest BCUT2D eigenvalue weighted by Gasteiger charge is 2.13. The van der Waals surface area contributed by atoms with Crippen molar-refractivity contribution in [1.29, 1.82) is 0 Å². The number of rotatable bonds is 4. The summed E-state index contributed by atoms with van der Waals surface area (Å²) in [7, 11) is 0. The van der Waals surface area contributed by atoms with Crippen LogP contribution in [0.25, 0.3) is 0 Å². The second-order valence-corrected chi connectivity index (χ2v) is 5.81. The summed E-state index contributed by atoms with van der Waals surface area (Å²) in [6.07, 6.45) is 0. The van der Waals surface area contributed by atoms with Crippen molar-refractivity contribution in [3.05, 3.63) is 62.7 Å². The molecule has 21 heavy (non-hydrogen) atoms. The van der Waals surface area contributed by atoms with Crippen LogP contribution in [0.2, 0.25) is 5.02 Å². The van der Waals surface area contributed by atoms with Gasteiger partial charge in [-0.25, -0.2) is 4.79 Å². The molecule has 0 aliphatic heterocycles. The number of carbonyl (C=O) groups is 1. The topological polar surface area (TPSA) is 80.4 Å². The Morgan fingerprint density at radius 2 is 1.86 bits per heavy atom. The molecule has 0 saturated carbocycles. The quantitative estimate of drug-likeness (QED) is 0.666. The smallest absolute Gasteiger partial charge is 0.337 e. The zero-order valence-electron chi connectivity index (χ0n) is 10.9. The summed E-state index contributed by atoms with van der Waals surface area (Å²) >= 11 is 7.13. The number of aromatic carboxylic acids is 1. The lowest BCUT2D eigenvalue weighted by Gasteiger charge is -2.05. The molecule has 1 N–H and O–H groups in total. The number of benzene rings is 2. The first-order valence-corrected chi connectivity index (χ1v) is 7.03. The van der Waals surface area contributed by atoms with Gasteiger partial charge in [-0.2, -0.15) is 0 Å². The predicted octanol–water partition coefficient (Wildman–Crippen LogP) is 4.41. The summed E-state index contributed by atoms with van der Waals surface area (Å²) < 4.78 is 0. The number of nitrogens with zero attached hydrogens (tertiary/aromatic N) is 1. The van der Waals surface area contributed by atoms with Crippen LogP contribution in [0.4, 0.5) is 5.69 Å². The number of carboxylic acid groups (broad SMARTS) is 1. The van der Waals surface area contributed by atoms with Crippen LogP contribution in [-0.4, -0.2) is 16.0 Å². The van der Waals surface area contributed by atoms with Gasteiger partial charge in [0, 0.05) is 21.4 Å². The molecule has 0 bridgehead atoms. The third kappa shape index (κ3) is 3.53. The molecule has 5 nitrogen and oxygen atoms in total. The van der Waals surface area contributed by atoms with E-state index < -0.39 is 10.9 Å². The second kappa shape index (κ2) is 6.15. The molecule has 0 aliphatic rings. The molecule has 0 fully saturated rings. The first-order valence-electron chi connectivity index (χ1n) is 5.84. The van der Waals surface area contributed by atoms with Crippen LogP contribution < -0.4 is 0 Å². The van der Waals surface area contributed by atoms with Crippen LogP contribution >= 0.6 is 23.4 Å². The van der Waals surface area contributed by atoms with Crippen LogP contribution in [0.15, 0.2) is 46.2 Å². The lowest BCUT2D eigenvalue weighted by Crippen LogP contribution is -1.97. The maximum atomic E-state index is 11.0. The van der Waals surface area contributed by atoms with Crippen LogP contribution in [0.3, 0.4) is 0 Å². The van der Waals surface area contributed by atoms with E-state index in [0.29, 0.717) is 10.5 Å². The Hall–Kier alpha value is -2.05. The van der Waals surface area contributed by atoms with Gasteiger partial charge in [0.25, 0.3) is 5.69 Å². The minimum atomic E-state index is -1.10. The lowest BCUT2D eigenvalue weighted by molar-refractivity contribution is -0.385. The third-order valence-corrected chi connectivity index (χ3v) is 4.08. The monoisotopic (exact) mass is 323 g/mol. The van der Waals surface area contributed by atoms with Gasteiger partial charge in [0.2, 0.25) is 0 Å². The standard InChI is InChI=1S/C14H10ClNO4S/c1-8-6-9(3-5-13(8)16(19)20)21-10-2-4-12(15)11(7-10)14(17)18/h2-7H,1H3,(H,17,18). The number of carboxylic acids is 1. The maximum absolute atomic E-state index is 11.0. The fourth-order valence-electron chi connectivity index (χ4n) is 1.76. The molecular formula is C14H10ClNO4S. The van der Waals surface area contributed by atoms with Crippen molar-refractivity contribution in [2.24, 2.45) is 0 Å². The van der Waals surface area contributed by atoms with E-state index in [1.54, 1.807) is 25.1 Å². The zero-order chi connectivity index (χ0) is 15.6. The van der Waals surface area contributed by atoms with E-state index in [1.165, 1.54) is 30.0 Å². The van der Waals surface area contributed by atoms with Crippen molar-refractivity contribution < 1.29 is 14.8 Å². The number of hydrogen-bond acceptors (Lipinski definition) is 4. The zero-order valence-corrected chi connectivity index (χ0v) is 12.4. The SMILES string of the molecule is Cc1cc(Sc2ccc(Cl)c(C(=O)O)c2)ccc1[N+](=O)[O-]. The van der Waals surface area contributed by atoms with Crippen molar-refractivity contribution in [1.82, 2.24) is 0 Å². The lowest BCUT2D eigenvalue weighted by atomic mass is 10.2. The summed E-state index contributed by atoms with van der Waals surface area (Å²) in [6.45, 7) is 1.66. The minimum absolute atomic E-state index is 0.0281. The second-order valence-electron chi connectivity index (χ2n) is 4.25. The van der Waals surface area contributed by atoms with Crippen LogP contribution in [0, 0.1) is 17.0 Å². The normalized spacial score (nSPS) is 10.4. The van der Waals surface area contributed by atoms with Crippen LogP contribution in [-0.2, 0) is 0 Å². The highest BCUT2D eigenvalue weighted by molar-refractivity contribution is 7.99. The summed E-state index contributed by atoms with van der Waals surface area (Å²) in [4.78, 5) is 22.9. The van der Waals surface area contributed by atoms with Gasteiger partial charge < -0.3 is 5.11 Å². The molecule has 108 valence electrons. The summed E-state index contributed by atoms with van der Waals surface area (Å²) in [5.74, 6) is -1.10. The molecule has 0 unspecified atom stereocenters. The van der Waals surface area contributed by atoms with E-state index in [9.17, 15) is 14.9 Å². The molecule has 0 aliphatic carbocycles. The van der Waals surface area contributed by atoms with E-state index in [2.05, 4.69) is 0 Å². The Balaban J connectivity index is 2.30. The fraction of sp³-hybridized carbons (Fsp3) is 0.0714. The summed E-state index contributed by atoms with van der Waals surface area (Å²) in [5, 5.41) is 20.0. The Bertz CT molecular complexity index is 733. The van der Waals surface area contributed by atoms with E-state index >= 15 is 0 Å². The average molecular weight is 324 g/mol. The maximum Gasteiger partial charge on any atom is 0.337 e. The third-order valence-electron chi connectivity index (χ3n) is 2.77. The Kier molecular flexibility index (Phi) is 4.50. The van der Waals surface area contributed by atoms with E-state index in [4.69, 9.17) is 16.7 Å². The molecule has 0 spiro atoms. The van der Waals surface area contributed by atoms with Crippen molar-refractivity contribution in [2.45, 2.75) is 16.7 Å². The van der Waals surface area contributed by atoms with Gasteiger partial charge in [-0.05, 0) is 37.3 Å². The first kappa shape index (κ1) is 15.3. The van der Waals surface area contributed by atoms with Crippen molar-refractivity contribution >= 4 is 35.0 Å². The average Bonchev–Trinajstić information content (AvgIpc) is 2.40. The molecule has 0 radical (unpaired) electrons. The molecule has 0 atom stereocenters. The Morgan fingerprint density at radius 3 is 2.43 bits per heavy atom. The van der Waals surface area contributed by atoms with Gasteiger partial charge in [0.05, 0.1) is 15.5 Å². The summed E-state index contributed by atoms with van der Waals surface area (Å²) in [6, 6.07) is 9.46. The van der Waals surface area contributed by atoms with E-state index in [1.807, 2.05) is 0 Å². The fourth-order valence-corrected chi connectivity index (χ4v) is 2.92. The Labute approximate surface area is 129 Å². The van der Waals surface area contributed by atoms with Gasteiger partial charge >= 0.3 is 5.97 Å². The minimum Gasteiger partial charge on any atom is -0.478 e. The largest absolute Gasteiger partial charge is 0.478 e.